The van der Waals surface area contributed by atoms with Gasteiger partial charge in [-0.2, -0.15) is 0 Å². The van der Waals surface area contributed by atoms with Crippen LogP contribution < -0.4 is 14.8 Å². The molecular weight excluding hydrogens is 505 g/mol. The highest BCUT2D eigenvalue weighted by atomic mass is 35.5. The molecule has 0 aliphatic rings. The summed E-state index contributed by atoms with van der Waals surface area (Å²) in [5.41, 5.74) is 3.35. The van der Waals surface area contributed by atoms with Crippen molar-refractivity contribution in [3.63, 3.8) is 0 Å². The summed E-state index contributed by atoms with van der Waals surface area (Å²) >= 11 is 13.7. The van der Waals surface area contributed by atoms with Crippen molar-refractivity contribution in [1.82, 2.24) is 15.0 Å². The Kier molecular flexibility index (Phi) is 7.97. The Hall–Kier alpha value is -3.46. The summed E-state index contributed by atoms with van der Waals surface area (Å²) in [5, 5.41) is 7.78. The van der Waals surface area contributed by atoms with Crippen LogP contribution in [0.3, 0.4) is 0 Å². The van der Waals surface area contributed by atoms with Gasteiger partial charge in [-0.1, -0.05) is 29.3 Å². The molecule has 0 saturated heterocycles. The standard InChI is InChI=1S/C25H21Cl2N5O2S/c1-15(5-4-8-28-2)21-13-35-24(32-21)12-34-23-11-20-17(10-22(23)33-3)25(30-14-29-20)31-16-6-7-18(26)19(27)9-16/h4-11,13-14H,2,12H2,1,3H3,(H,29,30,31)/b8-4-,15-5+. The van der Waals surface area contributed by atoms with Crippen molar-refractivity contribution in [2.24, 2.45) is 4.99 Å². The summed E-state index contributed by atoms with van der Waals surface area (Å²) in [6.07, 6.45) is 6.87. The molecule has 2 heterocycles. The molecule has 35 heavy (non-hydrogen) atoms. The van der Waals surface area contributed by atoms with Crippen molar-refractivity contribution in [3.8, 4) is 11.5 Å². The van der Waals surface area contributed by atoms with Crippen LogP contribution in [0, 0.1) is 0 Å². The lowest BCUT2D eigenvalue weighted by atomic mass is 10.2. The van der Waals surface area contributed by atoms with E-state index in [9.17, 15) is 0 Å². The number of allylic oxidation sites excluding steroid dienone is 3. The predicted molar refractivity (Wildman–Crippen MR) is 145 cm³/mol. The number of ether oxygens (including phenoxy) is 2. The first-order chi connectivity index (χ1) is 17.0. The molecule has 10 heteroatoms. The van der Waals surface area contributed by atoms with E-state index < -0.39 is 0 Å². The molecule has 2 aromatic heterocycles. The van der Waals surface area contributed by atoms with Gasteiger partial charge in [0.05, 0.1) is 28.4 Å². The first-order valence-electron chi connectivity index (χ1n) is 10.4. The van der Waals surface area contributed by atoms with E-state index in [1.807, 2.05) is 42.7 Å². The topological polar surface area (TPSA) is 81.5 Å². The maximum Gasteiger partial charge on any atom is 0.163 e. The molecule has 0 aliphatic carbocycles. The summed E-state index contributed by atoms with van der Waals surface area (Å²) < 4.78 is 11.6. The molecule has 0 bridgehead atoms. The van der Waals surface area contributed by atoms with Gasteiger partial charge < -0.3 is 14.8 Å². The molecule has 0 radical (unpaired) electrons. The molecule has 178 valence electrons. The highest BCUT2D eigenvalue weighted by Crippen LogP contribution is 2.36. The van der Waals surface area contributed by atoms with E-state index >= 15 is 0 Å². The fourth-order valence-corrected chi connectivity index (χ4v) is 4.24. The molecule has 0 atom stereocenters. The second-order valence-electron chi connectivity index (χ2n) is 7.29. The molecule has 0 saturated carbocycles. The number of anilines is 2. The Morgan fingerprint density at radius 3 is 2.80 bits per heavy atom. The average Bonchev–Trinajstić information content (AvgIpc) is 3.34. The SMILES string of the molecule is C=N/C=C\C=C(/C)c1csc(COc2cc3ncnc(Nc4ccc(Cl)c(Cl)c4)c3cc2OC)n1. The van der Waals surface area contributed by atoms with Gasteiger partial charge in [0.2, 0.25) is 0 Å². The molecule has 1 N–H and O–H groups in total. The third-order valence-electron chi connectivity index (χ3n) is 4.95. The van der Waals surface area contributed by atoms with Gasteiger partial charge in [0.15, 0.2) is 11.5 Å². The van der Waals surface area contributed by atoms with Crippen LogP contribution in [0.25, 0.3) is 16.5 Å². The normalized spacial score (nSPS) is 11.7. The van der Waals surface area contributed by atoms with Crippen molar-refractivity contribution in [2.45, 2.75) is 13.5 Å². The van der Waals surface area contributed by atoms with E-state index in [-0.39, 0.29) is 0 Å². The third-order valence-corrected chi connectivity index (χ3v) is 6.51. The van der Waals surface area contributed by atoms with Gasteiger partial charge in [-0.05, 0) is 49.6 Å². The third kappa shape index (κ3) is 5.97. The molecule has 4 aromatic rings. The van der Waals surface area contributed by atoms with Gasteiger partial charge in [0.1, 0.15) is 23.8 Å². The van der Waals surface area contributed by atoms with Crippen molar-refractivity contribution < 1.29 is 9.47 Å². The number of thiazole rings is 1. The van der Waals surface area contributed by atoms with Gasteiger partial charge in [-0.15, -0.1) is 11.3 Å². The molecule has 2 aromatic carbocycles. The van der Waals surface area contributed by atoms with Crippen molar-refractivity contribution in [3.05, 3.63) is 81.1 Å². The van der Waals surface area contributed by atoms with E-state index in [4.69, 9.17) is 32.7 Å². The number of halogens is 2. The number of methoxy groups -OCH3 is 1. The fraction of sp³-hybridized carbons (Fsp3) is 0.120. The number of nitrogens with one attached hydrogen (secondary N) is 1. The Bertz CT molecular complexity index is 1430. The first-order valence-corrected chi connectivity index (χ1v) is 12.0. The Balaban J connectivity index is 1.55. The zero-order valence-corrected chi connectivity index (χ0v) is 21.3. The highest BCUT2D eigenvalue weighted by Gasteiger charge is 2.13. The maximum absolute atomic E-state index is 6.14. The Labute approximate surface area is 216 Å². The number of aromatic nitrogens is 3. The van der Waals surface area contributed by atoms with Crippen LogP contribution in [0.4, 0.5) is 11.5 Å². The summed E-state index contributed by atoms with van der Waals surface area (Å²) in [7, 11) is 1.59. The molecule has 7 nitrogen and oxygen atoms in total. The molecule has 0 aliphatic heterocycles. The van der Waals surface area contributed by atoms with Gasteiger partial charge in [-0.3, -0.25) is 4.99 Å². The minimum Gasteiger partial charge on any atom is -0.493 e. The summed E-state index contributed by atoms with van der Waals surface area (Å²) in [6, 6.07) is 8.94. The van der Waals surface area contributed by atoms with E-state index in [0.29, 0.717) is 39.5 Å². The number of hydrogen-bond acceptors (Lipinski definition) is 8. The minimum atomic E-state index is 0.295. The van der Waals surface area contributed by atoms with E-state index in [0.717, 1.165) is 27.3 Å². The number of nitrogens with zero attached hydrogens (tertiary/aromatic N) is 4. The molecule has 4 rings (SSSR count). The first kappa shape index (κ1) is 24.7. The smallest absolute Gasteiger partial charge is 0.163 e. The average molecular weight is 526 g/mol. The summed E-state index contributed by atoms with van der Waals surface area (Å²) in [6.45, 7) is 5.71. The van der Waals surface area contributed by atoms with E-state index in [1.165, 1.54) is 17.7 Å². The van der Waals surface area contributed by atoms with Gasteiger partial charge in [-0.25, -0.2) is 15.0 Å². The lowest BCUT2D eigenvalue weighted by Gasteiger charge is -2.13. The van der Waals surface area contributed by atoms with Crippen LogP contribution >= 0.6 is 34.5 Å². The van der Waals surface area contributed by atoms with Crippen LogP contribution in [0.5, 0.6) is 11.5 Å². The largest absolute Gasteiger partial charge is 0.493 e. The van der Waals surface area contributed by atoms with Gasteiger partial charge >= 0.3 is 0 Å². The number of fused-ring (bicyclic) bond motifs is 1. The minimum absolute atomic E-state index is 0.295. The summed E-state index contributed by atoms with van der Waals surface area (Å²) in [5.74, 6) is 1.72. The number of benzene rings is 2. The summed E-state index contributed by atoms with van der Waals surface area (Å²) in [4.78, 5) is 17.1. The predicted octanol–water partition coefficient (Wildman–Crippen LogP) is 7.34. The van der Waals surface area contributed by atoms with Crippen LogP contribution in [0.15, 0.2) is 65.4 Å². The van der Waals surface area contributed by atoms with Crippen LogP contribution in [-0.4, -0.2) is 28.8 Å². The number of hydrogen-bond donors (Lipinski definition) is 1. The maximum atomic E-state index is 6.14. The lowest BCUT2D eigenvalue weighted by Crippen LogP contribution is -2.00. The van der Waals surface area contributed by atoms with Crippen LogP contribution in [-0.2, 0) is 6.61 Å². The quantitative estimate of drug-likeness (QED) is 0.182. The Morgan fingerprint density at radius 2 is 2.03 bits per heavy atom. The van der Waals surface area contributed by atoms with Gasteiger partial charge in [0, 0.05) is 28.7 Å². The van der Waals surface area contributed by atoms with Crippen molar-refractivity contribution in [2.75, 3.05) is 12.4 Å². The number of aliphatic imine (C=N–C) groups is 1. The molecule has 0 spiro atoms. The molecule has 0 unspecified atom stereocenters. The van der Waals surface area contributed by atoms with Crippen LogP contribution in [0.2, 0.25) is 10.0 Å². The van der Waals surface area contributed by atoms with E-state index in [2.05, 4.69) is 32.0 Å². The zero-order chi connectivity index (χ0) is 24.8. The van der Waals surface area contributed by atoms with Gasteiger partial charge in [0.25, 0.3) is 0 Å². The zero-order valence-electron chi connectivity index (χ0n) is 19.0. The van der Waals surface area contributed by atoms with Crippen LogP contribution in [0.1, 0.15) is 17.6 Å². The molecule has 0 fully saturated rings. The second kappa shape index (κ2) is 11.3. The molecule has 0 amide bonds. The monoisotopic (exact) mass is 525 g/mol. The highest BCUT2D eigenvalue weighted by molar-refractivity contribution is 7.09. The fourth-order valence-electron chi connectivity index (χ4n) is 3.18. The number of rotatable bonds is 9. The van der Waals surface area contributed by atoms with Crippen molar-refractivity contribution >= 4 is 69.2 Å². The van der Waals surface area contributed by atoms with E-state index in [1.54, 1.807) is 25.4 Å². The second-order valence-corrected chi connectivity index (χ2v) is 9.04. The van der Waals surface area contributed by atoms with Crippen molar-refractivity contribution in [1.29, 1.82) is 0 Å². The Morgan fingerprint density at radius 1 is 1.17 bits per heavy atom. The molecular formula is C25H21Cl2N5O2S. The lowest BCUT2D eigenvalue weighted by molar-refractivity contribution is 0.284.